The first-order valence-electron chi connectivity index (χ1n) is 3.32. The van der Waals surface area contributed by atoms with E-state index in [1.165, 1.54) is 23.5 Å². The molecule has 1 aromatic heterocycles. The molecular weight excluding hydrogens is 175 g/mol. The summed E-state index contributed by atoms with van der Waals surface area (Å²) in [7, 11) is 0. The molecule has 0 aliphatic carbocycles. The summed E-state index contributed by atoms with van der Waals surface area (Å²) in [5.74, 6) is -0.243. The van der Waals surface area contributed by atoms with E-state index in [0.717, 1.165) is 10.6 Å². The summed E-state index contributed by atoms with van der Waals surface area (Å²) in [4.78, 5) is 0. The molecule has 0 N–H and O–H groups in total. The zero-order valence-corrected chi connectivity index (χ0v) is 6.81. The van der Waals surface area contributed by atoms with Gasteiger partial charge in [-0.1, -0.05) is 11.3 Å². The van der Waals surface area contributed by atoms with Crippen molar-refractivity contribution in [2.45, 2.75) is 0 Å². The average molecular weight is 179 g/mol. The third-order valence-electron chi connectivity index (χ3n) is 1.42. The van der Waals surface area contributed by atoms with Crippen molar-refractivity contribution < 1.29 is 4.39 Å². The smallest absolute Gasteiger partial charge is 0.178 e. The van der Waals surface area contributed by atoms with Crippen LogP contribution in [0.2, 0.25) is 0 Å². The van der Waals surface area contributed by atoms with E-state index < -0.39 is 0 Å². The molecule has 0 aliphatic heterocycles. The van der Waals surface area contributed by atoms with Crippen molar-refractivity contribution in [2.75, 3.05) is 0 Å². The van der Waals surface area contributed by atoms with Crippen LogP contribution in [-0.4, -0.2) is 10.2 Å². The van der Waals surface area contributed by atoms with Crippen molar-refractivity contribution in [3.8, 4) is 10.6 Å². The fourth-order valence-electron chi connectivity index (χ4n) is 0.859. The molecule has 1 radical (unpaired) electrons. The zero-order valence-electron chi connectivity index (χ0n) is 5.99. The van der Waals surface area contributed by atoms with Crippen LogP contribution >= 0.6 is 11.3 Å². The van der Waals surface area contributed by atoms with Crippen LogP contribution in [0.25, 0.3) is 10.6 Å². The monoisotopic (exact) mass is 179 g/mol. The molecule has 0 spiro atoms. The predicted octanol–water partition coefficient (Wildman–Crippen LogP) is 2.14. The van der Waals surface area contributed by atoms with Crippen LogP contribution in [-0.2, 0) is 0 Å². The van der Waals surface area contributed by atoms with Crippen molar-refractivity contribution in [3.05, 3.63) is 35.6 Å². The maximum absolute atomic E-state index is 12.5. The van der Waals surface area contributed by atoms with E-state index in [9.17, 15) is 4.39 Å². The van der Waals surface area contributed by atoms with Gasteiger partial charge in [-0.15, -0.1) is 10.2 Å². The van der Waals surface area contributed by atoms with E-state index in [1.54, 1.807) is 12.1 Å². The molecule has 2 rings (SSSR count). The van der Waals surface area contributed by atoms with Crippen LogP contribution in [0.1, 0.15) is 0 Å². The SMILES string of the molecule is Fc1ccc(-c2nn[c]s2)cc1. The van der Waals surface area contributed by atoms with Crippen molar-refractivity contribution in [3.63, 3.8) is 0 Å². The molecule has 0 unspecified atom stereocenters. The van der Waals surface area contributed by atoms with Crippen LogP contribution in [0, 0.1) is 11.3 Å². The van der Waals surface area contributed by atoms with E-state index in [4.69, 9.17) is 0 Å². The summed E-state index contributed by atoms with van der Waals surface area (Å²) in [5.41, 5.74) is 3.50. The van der Waals surface area contributed by atoms with E-state index in [0.29, 0.717) is 0 Å². The summed E-state index contributed by atoms with van der Waals surface area (Å²) in [5, 5.41) is 8.14. The molecule has 0 amide bonds. The second-order valence-electron chi connectivity index (χ2n) is 2.21. The molecule has 0 saturated carbocycles. The van der Waals surface area contributed by atoms with Crippen LogP contribution < -0.4 is 0 Å². The van der Waals surface area contributed by atoms with Crippen LogP contribution in [0.5, 0.6) is 0 Å². The van der Waals surface area contributed by atoms with Gasteiger partial charge < -0.3 is 0 Å². The lowest BCUT2D eigenvalue weighted by Crippen LogP contribution is -1.77. The standard InChI is InChI=1S/C8H4FN2S/c9-7-3-1-6(2-4-7)8-11-10-5-12-8/h1-4H. The Bertz CT molecular complexity index is 355. The highest BCUT2D eigenvalue weighted by Crippen LogP contribution is 2.19. The van der Waals surface area contributed by atoms with Crippen molar-refractivity contribution >= 4 is 11.3 Å². The number of hydrogen-bond donors (Lipinski definition) is 0. The van der Waals surface area contributed by atoms with Gasteiger partial charge in [0.2, 0.25) is 0 Å². The molecule has 59 valence electrons. The van der Waals surface area contributed by atoms with Gasteiger partial charge in [0.15, 0.2) is 5.51 Å². The fraction of sp³-hybridized carbons (Fsp3) is 0. The molecular formula is C8H4FN2S. The maximum Gasteiger partial charge on any atom is 0.178 e. The van der Waals surface area contributed by atoms with E-state index >= 15 is 0 Å². The highest BCUT2D eigenvalue weighted by Gasteiger charge is 2.00. The fourth-order valence-corrected chi connectivity index (χ4v) is 1.36. The Kier molecular flexibility index (Phi) is 1.83. The van der Waals surface area contributed by atoms with Gasteiger partial charge in [0.05, 0.1) is 0 Å². The first-order chi connectivity index (χ1) is 5.86. The van der Waals surface area contributed by atoms with Crippen molar-refractivity contribution in [1.82, 2.24) is 10.2 Å². The quantitative estimate of drug-likeness (QED) is 0.670. The molecule has 0 fully saturated rings. The van der Waals surface area contributed by atoms with E-state index in [-0.39, 0.29) is 5.82 Å². The van der Waals surface area contributed by atoms with Crippen LogP contribution in [0.15, 0.2) is 24.3 Å². The molecule has 0 atom stereocenters. The molecule has 2 aromatic rings. The third-order valence-corrected chi connectivity index (χ3v) is 2.10. The van der Waals surface area contributed by atoms with E-state index in [1.807, 2.05) is 0 Å². The third kappa shape index (κ3) is 1.33. The predicted molar refractivity (Wildman–Crippen MR) is 44.1 cm³/mol. The minimum Gasteiger partial charge on any atom is -0.207 e. The number of halogens is 1. The van der Waals surface area contributed by atoms with Gasteiger partial charge in [-0.3, -0.25) is 0 Å². The highest BCUT2D eigenvalue weighted by atomic mass is 32.1. The van der Waals surface area contributed by atoms with E-state index in [2.05, 4.69) is 15.7 Å². The Morgan fingerprint density at radius 1 is 1.25 bits per heavy atom. The molecule has 0 aliphatic rings. The number of aromatic nitrogens is 2. The highest BCUT2D eigenvalue weighted by molar-refractivity contribution is 7.12. The molecule has 12 heavy (non-hydrogen) atoms. The van der Waals surface area contributed by atoms with Gasteiger partial charge in [-0.2, -0.15) is 0 Å². The summed E-state index contributed by atoms with van der Waals surface area (Å²) < 4.78 is 12.5. The Hall–Kier alpha value is -1.29. The summed E-state index contributed by atoms with van der Waals surface area (Å²) >= 11 is 1.31. The normalized spacial score (nSPS) is 10.1. The lowest BCUT2D eigenvalue weighted by molar-refractivity contribution is 0.628. The van der Waals surface area contributed by atoms with Crippen molar-refractivity contribution in [1.29, 1.82) is 0 Å². The number of rotatable bonds is 1. The maximum atomic E-state index is 12.5. The van der Waals surface area contributed by atoms with Gasteiger partial charge in [0, 0.05) is 5.56 Å². The van der Waals surface area contributed by atoms with Gasteiger partial charge in [-0.05, 0) is 24.3 Å². The summed E-state index contributed by atoms with van der Waals surface area (Å²) in [6.07, 6.45) is 0. The van der Waals surface area contributed by atoms with Gasteiger partial charge in [0.25, 0.3) is 0 Å². The Morgan fingerprint density at radius 3 is 2.58 bits per heavy atom. The van der Waals surface area contributed by atoms with Gasteiger partial charge >= 0.3 is 0 Å². The number of nitrogens with zero attached hydrogens (tertiary/aromatic N) is 2. The first-order valence-corrected chi connectivity index (χ1v) is 4.13. The molecule has 0 bridgehead atoms. The number of hydrogen-bond acceptors (Lipinski definition) is 3. The van der Waals surface area contributed by atoms with Crippen LogP contribution in [0.3, 0.4) is 0 Å². The van der Waals surface area contributed by atoms with Crippen LogP contribution in [0.4, 0.5) is 4.39 Å². The topological polar surface area (TPSA) is 25.8 Å². The Labute approximate surface area is 72.7 Å². The second-order valence-corrected chi connectivity index (χ2v) is 2.98. The molecule has 2 nitrogen and oxygen atoms in total. The lowest BCUT2D eigenvalue weighted by Gasteiger charge is -1.92. The largest absolute Gasteiger partial charge is 0.207 e. The first kappa shape index (κ1) is 7.36. The minimum atomic E-state index is -0.243. The lowest BCUT2D eigenvalue weighted by atomic mass is 10.2. The Balaban J connectivity index is 2.43. The summed E-state index contributed by atoms with van der Waals surface area (Å²) in [6.45, 7) is 0. The number of benzene rings is 1. The van der Waals surface area contributed by atoms with Gasteiger partial charge in [-0.25, -0.2) is 4.39 Å². The Morgan fingerprint density at radius 2 is 2.00 bits per heavy atom. The molecule has 4 heteroatoms. The van der Waals surface area contributed by atoms with Crippen molar-refractivity contribution in [2.24, 2.45) is 0 Å². The molecule has 1 heterocycles. The molecule has 1 aromatic carbocycles. The zero-order chi connectivity index (χ0) is 8.39. The molecule has 0 saturated heterocycles. The summed E-state index contributed by atoms with van der Waals surface area (Å²) in [6, 6.07) is 6.14. The second kappa shape index (κ2) is 2.98. The average Bonchev–Trinajstić information content (AvgIpc) is 2.58. The van der Waals surface area contributed by atoms with Gasteiger partial charge in [0.1, 0.15) is 10.8 Å². The minimum absolute atomic E-state index is 0.243.